The lowest BCUT2D eigenvalue weighted by atomic mass is 10.0. The molecule has 0 saturated carbocycles. The van der Waals surface area contributed by atoms with Gasteiger partial charge < -0.3 is 4.74 Å². The molecule has 0 amide bonds. The monoisotopic (exact) mass is 516 g/mol. The van der Waals surface area contributed by atoms with Crippen LogP contribution in [-0.2, 0) is 28.9 Å². The maximum atomic E-state index is 13.5. The van der Waals surface area contributed by atoms with E-state index in [1.54, 1.807) is 36.4 Å². The van der Waals surface area contributed by atoms with E-state index < -0.39 is 44.4 Å². The predicted molar refractivity (Wildman–Crippen MR) is 114 cm³/mol. The van der Waals surface area contributed by atoms with Crippen molar-refractivity contribution in [1.29, 1.82) is 0 Å². The molecule has 2 aromatic carbocycles. The zero-order chi connectivity index (χ0) is 25.6. The van der Waals surface area contributed by atoms with Gasteiger partial charge in [-0.3, -0.25) is 0 Å². The normalized spacial score (nSPS) is 17.4. The zero-order valence-corrected chi connectivity index (χ0v) is 18.9. The van der Waals surface area contributed by atoms with Gasteiger partial charge >= 0.3 is 12.4 Å². The third kappa shape index (κ3) is 4.98. The number of halogens is 6. The summed E-state index contributed by atoms with van der Waals surface area (Å²) in [5, 5.41) is 0. The fourth-order valence-electron chi connectivity index (χ4n) is 3.77. The van der Waals surface area contributed by atoms with Gasteiger partial charge in [0, 0.05) is 18.3 Å². The van der Waals surface area contributed by atoms with Crippen LogP contribution >= 0.6 is 0 Å². The van der Waals surface area contributed by atoms with Crippen molar-refractivity contribution in [2.45, 2.75) is 36.8 Å². The van der Waals surface area contributed by atoms with Crippen molar-refractivity contribution in [3.63, 3.8) is 0 Å². The summed E-state index contributed by atoms with van der Waals surface area (Å²) < 4.78 is 114. The molecule has 0 radical (unpaired) electrons. The minimum atomic E-state index is -5.18. The molecule has 1 aliphatic heterocycles. The van der Waals surface area contributed by atoms with Gasteiger partial charge in [0.1, 0.15) is 6.61 Å². The summed E-state index contributed by atoms with van der Waals surface area (Å²) in [5.74, 6) is 0.135. The van der Waals surface area contributed by atoms with Crippen LogP contribution in [0.3, 0.4) is 0 Å². The summed E-state index contributed by atoms with van der Waals surface area (Å²) in [4.78, 5) is 3.03. The van der Waals surface area contributed by atoms with Gasteiger partial charge in [-0.1, -0.05) is 30.3 Å². The Balaban J connectivity index is 1.85. The van der Waals surface area contributed by atoms with Crippen LogP contribution < -0.4 is 4.74 Å². The van der Waals surface area contributed by atoms with E-state index in [1.165, 1.54) is 13.1 Å². The smallest absolute Gasteiger partial charge is 0.416 e. The predicted octanol–water partition coefficient (Wildman–Crippen LogP) is 5.76. The van der Waals surface area contributed by atoms with Gasteiger partial charge in [-0.25, -0.2) is 13.4 Å². The summed E-state index contributed by atoms with van der Waals surface area (Å²) >= 11 is 0. The van der Waals surface area contributed by atoms with Gasteiger partial charge in [-0.15, -0.1) is 0 Å². The second kappa shape index (κ2) is 8.83. The molecule has 1 unspecified atom stereocenters. The van der Waals surface area contributed by atoms with E-state index >= 15 is 0 Å². The third-order valence-electron chi connectivity index (χ3n) is 5.54. The Morgan fingerprint density at radius 3 is 2.11 bits per heavy atom. The van der Waals surface area contributed by atoms with Crippen molar-refractivity contribution in [3.8, 4) is 17.0 Å². The van der Waals surface area contributed by atoms with E-state index in [4.69, 9.17) is 4.74 Å². The van der Waals surface area contributed by atoms with Crippen LogP contribution in [0.2, 0.25) is 0 Å². The fraction of sp³-hybridized carbons (Fsp3) is 0.261. The highest BCUT2D eigenvalue weighted by molar-refractivity contribution is 7.89. The molecule has 186 valence electrons. The second-order valence-electron chi connectivity index (χ2n) is 7.96. The molecule has 5 nitrogen and oxygen atoms in total. The van der Waals surface area contributed by atoms with Gasteiger partial charge in [0.2, 0.25) is 15.9 Å². The van der Waals surface area contributed by atoms with E-state index in [1.807, 2.05) is 0 Å². The molecule has 1 aromatic heterocycles. The third-order valence-corrected chi connectivity index (χ3v) is 7.47. The SMILES string of the molecule is CC1COc2nccc(-c3ccccc3)c2CN1S(=O)(=O)c1cc(C(F)(F)F)cc(C(F)(F)F)c1. The topological polar surface area (TPSA) is 59.5 Å². The number of rotatable bonds is 3. The number of benzene rings is 2. The summed E-state index contributed by atoms with van der Waals surface area (Å²) in [5.41, 5.74) is -1.80. The Bertz CT molecular complexity index is 1310. The number of nitrogens with zero attached hydrogens (tertiary/aromatic N) is 2. The first-order valence-corrected chi connectivity index (χ1v) is 11.7. The molecule has 0 fully saturated rings. The Labute approximate surface area is 197 Å². The van der Waals surface area contributed by atoms with E-state index in [9.17, 15) is 34.8 Å². The number of hydrogen-bond donors (Lipinski definition) is 0. The van der Waals surface area contributed by atoms with Crippen molar-refractivity contribution >= 4 is 10.0 Å². The zero-order valence-electron chi connectivity index (χ0n) is 18.1. The molecule has 1 atom stereocenters. The van der Waals surface area contributed by atoms with Gasteiger partial charge in [-0.2, -0.15) is 30.6 Å². The number of alkyl halides is 6. The average molecular weight is 516 g/mol. The molecular formula is C23H18F6N2O3S. The van der Waals surface area contributed by atoms with Crippen LogP contribution in [0.25, 0.3) is 11.1 Å². The number of ether oxygens (including phenoxy) is 1. The lowest BCUT2D eigenvalue weighted by Crippen LogP contribution is -2.40. The minimum absolute atomic E-state index is 0.110. The Morgan fingerprint density at radius 2 is 1.54 bits per heavy atom. The molecular weight excluding hydrogens is 498 g/mol. The van der Waals surface area contributed by atoms with Crippen LogP contribution in [0.15, 0.2) is 65.7 Å². The number of pyridine rings is 1. The number of hydrogen-bond acceptors (Lipinski definition) is 4. The van der Waals surface area contributed by atoms with Crippen LogP contribution in [0.4, 0.5) is 26.3 Å². The highest BCUT2D eigenvalue weighted by Gasteiger charge is 2.40. The second-order valence-corrected chi connectivity index (χ2v) is 9.85. The highest BCUT2D eigenvalue weighted by atomic mass is 32.2. The lowest BCUT2D eigenvalue weighted by molar-refractivity contribution is -0.143. The summed E-state index contributed by atoms with van der Waals surface area (Å²) in [7, 11) is -4.82. The first-order valence-electron chi connectivity index (χ1n) is 10.3. The molecule has 2 heterocycles. The molecule has 1 aliphatic rings. The number of fused-ring (bicyclic) bond motifs is 1. The molecule has 12 heteroatoms. The summed E-state index contributed by atoms with van der Waals surface area (Å²) in [6, 6.07) is 9.88. The Hall–Kier alpha value is -3.12. The van der Waals surface area contributed by atoms with Gasteiger partial charge in [-0.05, 0) is 42.3 Å². The first kappa shape index (κ1) is 25.0. The van der Waals surface area contributed by atoms with E-state index in [0.29, 0.717) is 16.7 Å². The van der Waals surface area contributed by atoms with E-state index in [2.05, 4.69) is 4.98 Å². The minimum Gasteiger partial charge on any atom is -0.476 e. The Kier molecular flexibility index (Phi) is 6.30. The summed E-state index contributed by atoms with van der Waals surface area (Å²) in [6.07, 6.45) is -8.90. The van der Waals surface area contributed by atoms with Crippen LogP contribution in [0, 0.1) is 0 Å². The fourth-order valence-corrected chi connectivity index (χ4v) is 5.42. The molecule has 0 aliphatic carbocycles. The van der Waals surface area contributed by atoms with Crippen LogP contribution in [-0.4, -0.2) is 30.4 Å². The molecule has 0 spiro atoms. The van der Waals surface area contributed by atoms with Gasteiger partial charge in [0.25, 0.3) is 0 Å². The number of aromatic nitrogens is 1. The highest BCUT2D eigenvalue weighted by Crippen LogP contribution is 2.39. The van der Waals surface area contributed by atoms with Crippen molar-refractivity contribution in [1.82, 2.24) is 9.29 Å². The van der Waals surface area contributed by atoms with Crippen LogP contribution in [0.1, 0.15) is 23.6 Å². The van der Waals surface area contributed by atoms with E-state index in [0.717, 1.165) is 4.31 Å². The van der Waals surface area contributed by atoms with Crippen molar-refractivity contribution < 1.29 is 39.5 Å². The quantitative estimate of drug-likeness (QED) is 0.416. The van der Waals surface area contributed by atoms with Crippen LogP contribution in [0.5, 0.6) is 5.88 Å². The summed E-state index contributed by atoms with van der Waals surface area (Å²) in [6.45, 7) is 0.876. The van der Waals surface area contributed by atoms with Crippen molar-refractivity contribution in [2.24, 2.45) is 0 Å². The maximum Gasteiger partial charge on any atom is 0.416 e. The van der Waals surface area contributed by atoms with Crippen molar-refractivity contribution in [3.05, 3.63) is 77.5 Å². The molecule has 0 saturated heterocycles. The molecule has 4 rings (SSSR count). The molecule has 3 aromatic rings. The molecule has 0 bridgehead atoms. The largest absolute Gasteiger partial charge is 0.476 e. The number of sulfonamides is 1. The van der Waals surface area contributed by atoms with E-state index in [-0.39, 0.29) is 37.2 Å². The maximum absolute atomic E-state index is 13.5. The molecule has 0 N–H and O–H groups in total. The Morgan fingerprint density at radius 1 is 0.943 bits per heavy atom. The lowest BCUT2D eigenvalue weighted by Gasteiger charge is -2.26. The standard InChI is InChI=1S/C23H18F6N2O3S/c1-14-13-34-21-20(19(7-8-30-21)15-5-3-2-4-6-15)12-31(14)35(32,33)18-10-16(22(24,25)26)9-17(11-18)23(27,28)29/h2-11,14H,12-13H2,1H3. The van der Waals surface area contributed by atoms with Gasteiger partial charge in [0.15, 0.2) is 0 Å². The van der Waals surface area contributed by atoms with Crippen molar-refractivity contribution in [2.75, 3.05) is 6.61 Å². The first-order chi connectivity index (χ1) is 16.3. The molecule has 35 heavy (non-hydrogen) atoms. The average Bonchev–Trinajstić information content (AvgIpc) is 2.97. The van der Waals surface area contributed by atoms with Gasteiger partial charge in [0.05, 0.1) is 22.1 Å².